The van der Waals surface area contributed by atoms with Gasteiger partial charge in [0.25, 0.3) is 0 Å². The number of hydrogen-bond acceptors (Lipinski definition) is 2. The van der Waals surface area contributed by atoms with E-state index in [9.17, 15) is 0 Å². The van der Waals surface area contributed by atoms with Crippen molar-refractivity contribution >= 4 is 11.8 Å². The highest BCUT2D eigenvalue weighted by atomic mass is 32.2. The van der Waals surface area contributed by atoms with Crippen molar-refractivity contribution in [3.8, 4) is 0 Å². The smallest absolute Gasteiger partial charge is 0.0172 e. The molecule has 0 spiro atoms. The van der Waals surface area contributed by atoms with Crippen LogP contribution in [0.25, 0.3) is 0 Å². The lowest BCUT2D eigenvalue weighted by Gasteiger charge is -2.21. The van der Waals surface area contributed by atoms with Gasteiger partial charge in [0.05, 0.1) is 0 Å². The molecule has 1 nitrogen and oxygen atoms in total. The van der Waals surface area contributed by atoms with Crippen molar-refractivity contribution in [3.05, 3.63) is 0 Å². The van der Waals surface area contributed by atoms with Gasteiger partial charge in [0.1, 0.15) is 0 Å². The van der Waals surface area contributed by atoms with Crippen molar-refractivity contribution in [2.75, 3.05) is 18.8 Å². The summed E-state index contributed by atoms with van der Waals surface area (Å²) in [6.07, 6.45) is 9.85. The average molecular weight is 215 g/mol. The zero-order chi connectivity index (χ0) is 10.1. The van der Waals surface area contributed by atoms with E-state index >= 15 is 0 Å². The van der Waals surface area contributed by atoms with Crippen LogP contribution in [0.4, 0.5) is 0 Å². The Hall–Kier alpha value is 0.310. The van der Waals surface area contributed by atoms with E-state index in [1.54, 1.807) is 0 Å². The molecule has 0 aromatic rings. The summed E-state index contributed by atoms with van der Waals surface area (Å²) in [5, 5.41) is 4.51. The van der Waals surface area contributed by atoms with Gasteiger partial charge in [0, 0.05) is 11.8 Å². The summed E-state index contributed by atoms with van der Waals surface area (Å²) in [6, 6.07) is 0. The van der Waals surface area contributed by atoms with Crippen molar-refractivity contribution in [2.24, 2.45) is 0 Å². The van der Waals surface area contributed by atoms with Crippen molar-refractivity contribution in [1.82, 2.24) is 5.32 Å². The summed E-state index contributed by atoms with van der Waals surface area (Å²) in [7, 11) is 0. The second-order valence-corrected chi connectivity index (χ2v) is 5.66. The topological polar surface area (TPSA) is 12.0 Å². The second-order valence-electron chi connectivity index (χ2n) is 4.25. The molecule has 0 aliphatic carbocycles. The molecule has 1 fully saturated rings. The zero-order valence-corrected chi connectivity index (χ0v) is 10.4. The Morgan fingerprint density at radius 1 is 1.21 bits per heavy atom. The first kappa shape index (κ1) is 12.4. The molecule has 1 heterocycles. The van der Waals surface area contributed by atoms with E-state index in [1.807, 2.05) is 0 Å². The van der Waals surface area contributed by atoms with Crippen LogP contribution >= 0.6 is 11.8 Å². The van der Waals surface area contributed by atoms with E-state index < -0.39 is 0 Å². The molecule has 1 unspecified atom stereocenters. The van der Waals surface area contributed by atoms with E-state index in [1.165, 1.54) is 63.8 Å². The first-order valence-electron chi connectivity index (χ1n) is 6.26. The lowest BCUT2D eigenvalue weighted by atomic mass is 10.2. The van der Waals surface area contributed by atoms with Crippen LogP contribution in [0.3, 0.4) is 0 Å². The largest absolute Gasteiger partial charge is 0.316 e. The lowest BCUT2D eigenvalue weighted by molar-refractivity contribution is 0.565. The molecule has 0 saturated carbocycles. The highest BCUT2D eigenvalue weighted by Crippen LogP contribution is 2.24. The molecule has 1 rings (SSSR count). The van der Waals surface area contributed by atoms with Gasteiger partial charge >= 0.3 is 0 Å². The summed E-state index contributed by atoms with van der Waals surface area (Å²) in [4.78, 5) is 0. The predicted octanol–water partition coefficient (Wildman–Crippen LogP) is 3.44. The molecule has 0 aromatic heterocycles. The first-order chi connectivity index (χ1) is 6.93. The third kappa shape index (κ3) is 5.92. The highest BCUT2D eigenvalue weighted by molar-refractivity contribution is 7.99. The quantitative estimate of drug-likeness (QED) is 0.653. The highest BCUT2D eigenvalue weighted by Gasteiger charge is 2.12. The Kier molecular flexibility index (Phi) is 7.61. The zero-order valence-electron chi connectivity index (χ0n) is 9.56. The van der Waals surface area contributed by atoms with Crippen molar-refractivity contribution < 1.29 is 0 Å². The minimum Gasteiger partial charge on any atom is -0.316 e. The first-order valence-corrected chi connectivity index (χ1v) is 7.30. The van der Waals surface area contributed by atoms with Crippen LogP contribution < -0.4 is 5.32 Å². The third-order valence-corrected chi connectivity index (χ3v) is 4.25. The van der Waals surface area contributed by atoms with E-state index in [0.717, 1.165) is 5.25 Å². The Morgan fingerprint density at radius 2 is 2.14 bits per heavy atom. The molecule has 1 aliphatic rings. The lowest BCUT2D eigenvalue weighted by Crippen LogP contribution is -2.27. The summed E-state index contributed by atoms with van der Waals surface area (Å²) in [5.41, 5.74) is 0. The van der Waals surface area contributed by atoms with Crippen molar-refractivity contribution in [2.45, 2.75) is 57.1 Å². The molecule has 0 bridgehead atoms. The molecule has 1 N–H and O–H groups in total. The molecule has 2 heteroatoms. The Bertz CT molecular complexity index is 121. The molecule has 14 heavy (non-hydrogen) atoms. The van der Waals surface area contributed by atoms with Gasteiger partial charge in [-0.2, -0.15) is 11.8 Å². The van der Waals surface area contributed by atoms with Crippen LogP contribution in [0.5, 0.6) is 0 Å². The monoisotopic (exact) mass is 215 g/mol. The molecular weight excluding hydrogens is 190 g/mol. The van der Waals surface area contributed by atoms with Gasteiger partial charge in [-0.1, -0.05) is 32.6 Å². The van der Waals surface area contributed by atoms with Crippen LogP contribution in [0.15, 0.2) is 0 Å². The third-order valence-electron chi connectivity index (χ3n) is 2.85. The summed E-state index contributed by atoms with van der Waals surface area (Å²) < 4.78 is 0. The fourth-order valence-corrected chi connectivity index (χ4v) is 3.18. The maximum absolute atomic E-state index is 3.59. The molecule has 0 radical (unpaired) electrons. The van der Waals surface area contributed by atoms with E-state index in [0.29, 0.717) is 0 Å². The number of thioether (sulfide) groups is 1. The summed E-state index contributed by atoms with van der Waals surface area (Å²) in [6.45, 7) is 4.75. The minimum atomic E-state index is 0.912. The van der Waals surface area contributed by atoms with Crippen LogP contribution in [0, 0.1) is 0 Å². The number of hydrogen-bond donors (Lipinski definition) is 1. The second kappa shape index (κ2) is 8.60. The Balaban J connectivity index is 1.82. The molecule has 1 saturated heterocycles. The van der Waals surface area contributed by atoms with E-state index in [-0.39, 0.29) is 0 Å². The molecule has 1 aliphatic heterocycles. The Labute approximate surface area is 93.4 Å². The standard InChI is InChI=1S/C12H25NS/c1-2-3-4-6-9-13-11-12-8-5-7-10-14-12/h12-13H,2-11H2,1H3. The van der Waals surface area contributed by atoms with E-state index in [4.69, 9.17) is 0 Å². The SMILES string of the molecule is CCCCCCNCC1CCCCS1. The molecule has 84 valence electrons. The number of nitrogens with one attached hydrogen (secondary N) is 1. The molecular formula is C12H25NS. The summed E-state index contributed by atoms with van der Waals surface area (Å²) in [5.74, 6) is 1.39. The van der Waals surface area contributed by atoms with Gasteiger partial charge in [0.2, 0.25) is 0 Å². The fraction of sp³-hybridized carbons (Fsp3) is 1.00. The fourth-order valence-electron chi connectivity index (χ4n) is 1.91. The van der Waals surface area contributed by atoms with Crippen LogP contribution in [0.2, 0.25) is 0 Å². The van der Waals surface area contributed by atoms with Crippen LogP contribution in [0.1, 0.15) is 51.9 Å². The molecule has 0 aromatic carbocycles. The Morgan fingerprint density at radius 3 is 2.86 bits per heavy atom. The maximum atomic E-state index is 3.59. The maximum Gasteiger partial charge on any atom is 0.0172 e. The van der Waals surface area contributed by atoms with Gasteiger partial charge in [-0.05, 0) is 31.6 Å². The number of rotatable bonds is 7. The normalized spacial score (nSPS) is 22.5. The molecule has 0 amide bonds. The van der Waals surface area contributed by atoms with E-state index in [2.05, 4.69) is 24.0 Å². The average Bonchev–Trinajstić information content (AvgIpc) is 2.25. The predicted molar refractivity (Wildman–Crippen MR) is 67.1 cm³/mol. The number of unbranched alkanes of at least 4 members (excludes halogenated alkanes) is 3. The van der Waals surface area contributed by atoms with Gasteiger partial charge in [-0.15, -0.1) is 0 Å². The van der Waals surface area contributed by atoms with Crippen LogP contribution in [-0.4, -0.2) is 24.1 Å². The molecule has 1 atom stereocenters. The van der Waals surface area contributed by atoms with Gasteiger partial charge in [-0.3, -0.25) is 0 Å². The van der Waals surface area contributed by atoms with Crippen molar-refractivity contribution in [1.29, 1.82) is 0 Å². The minimum absolute atomic E-state index is 0.912. The van der Waals surface area contributed by atoms with Crippen LogP contribution in [-0.2, 0) is 0 Å². The van der Waals surface area contributed by atoms with Gasteiger partial charge in [0.15, 0.2) is 0 Å². The van der Waals surface area contributed by atoms with Crippen molar-refractivity contribution in [3.63, 3.8) is 0 Å². The van der Waals surface area contributed by atoms with Gasteiger partial charge in [-0.25, -0.2) is 0 Å². The van der Waals surface area contributed by atoms with Gasteiger partial charge < -0.3 is 5.32 Å². The summed E-state index contributed by atoms with van der Waals surface area (Å²) >= 11 is 2.17.